The highest BCUT2D eigenvalue weighted by molar-refractivity contribution is 5.79. The quantitative estimate of drug-likeness (QED) is 0.865. The summed E-state index contributed by atoms with van der Waals surface area (Å²) in [5.74, 6) is 1.23. The molecule has 3 heterocycles. The van der Waals surface area contributed by atoms with Gasteiger partial charge in [-0.05, 0) is 59.2 Å². The van der Waals surface area contributed by atoms with E-state index >= 15 is 0 Å². The lowest BCUT2D eigenvalue weighted by Gasteiger charge is -2.38. The summed E-state index contributed by atoms with van der Waals surface area (Å²) < 4.78 is 6.18. The second kappa shape index (κ2) is 6.53. The van der Waals surface area contributed by atoms with Gasteiger partial charge in [0.05, 0.1) is 0 Å². The highest BCUT2D eigenvalue weighted by Gasteiger charge is 2.34. The predicted octanol–water partition coefficient (Wildman–Crippen LogP) is 1.98. The van der Waals surface area contributed by atoms with Crippen LogP contribution in [0.25, 0.3) is 0 Å². The Morgan fingerprint density at radius 1 is 1.29 bits per heavy atom. The van der Waals surface area contributed by atoms with Gasteiger partial charge < -0.3 is 14.9 Å². The second-order valence-electron chi connectivity index (χ2n) is 7.33. The maximum absolute atomic E-state index is 6.18. The molecule has 5 nitrogen and oxygen atoms in total. The van der Waals surface area contributed by atoms with E-state index in [9.17, 15) is 0 Å². The smallest absolute Gasteiger partial charge is 0.229 e. The fraction of sp³-hybridized carbons (Fsp3) is 0.938. The summed E-state index contributed by atoms with van der Waals surface area (Å²) in [5, 5.41) is 7.75. The van der Waals surface area contributed by atoms with Gasteiger partial charge in [-0.3, -0.25) is 4.90 Å². The molecule has 0 spiro atoms. The van der Waals surface area contributed by atoms with Crippen LogP contribution in [-0.4, -0.2) is 55.2 Å². The summed E-state index contributed by atoms with van der Waals surface area (Å²) in [6.45, 7) is 9.49. The van der Waals surface area contributed by atoms with Crippen LogP contribution in [0.2, 0.25) is 0 Å². The molecule has 1 N–H and O–H groups in total. The molecule has 5 heteroatoms. The van der Waals surface area contributed by atoms with E-state index in [1.54, 1.807) is 0 Å². The molecule has 120 valence electrons. The van der Waals surface area contributed by atoms with Gasteiger partial charge in [0.2, 0.25) is 5.90 Å². The zero-order valence-corrected chi connectivity index (χ0v) is 13.4. The Kier molecular flexibility index (Phi) is 4.69. The van der Waals surface area contributed by atoms with Crippen LogP contribution in [0.1, 0.15) is 46.0 Å². The molecule has 3 aliphatic rings. The van der Waals surface area contributed by atoms with Crippen molar-refractivity contribution in [1.29, 1.82) is 0 Å². The molecular weight excluding hydrogens is 266 g/mol. The molecule has 0 aromatic heterocycles. The van der Waals surface area contributed by atoms with Gasteiger partial charge in [0.25, 0.3) is 0 Å². The molecule has 0 radical (unpaired) electrons. The molecule has 0 aromatic rings. The van der Waals surface area contributed by atoms with Crippen LogP contribution in [0.15, 0.2) is 5.16 Å². The van der Waals surface area contributed by atoms with E-state index in [2.05, 4.69) is 29.2 Å². The van der Waals surface area contributed by atoms with E-state index < -0.39 is 0 Å². The van der Waals surface area contributed by atoms with Crippen LogP contribution in [0.3, 0.4) is 0 Å². The van der Waals surface area contributed by atoms with E-state index in [-0.39, 0.29) is 11.6 Å². The lowest BCUT2D eigenvalue weighted by Crippen LogP contribution is -2.50. The van der Waals surface area contributed by atoms with Gasteiger partial charge in [-0.25, -0.2) is 0 Å². The summed E-state index contributed by atoms with van der Waals surface area (Å²) in [6.07, 6.45) is 6.30. The molecule has 0 bridgehead atoms. The minimum absolute atomic E-state index is 0.147. The van der Waals surface area contributed by atoms with E-state index in [1.807, 2.05) is 0 Å². The largest absolute Gasteiger partial charge is 0.470 e. The first-order valence-corrected chi connectivity index (χ1v) is 8.46. The highest BCUT2D eigenvalue weighted by Crippen LogP contribution is 2.27. The van der Waals surface area contributed by atoms with Crippen LogP contribution in [0, 0.1) is 5.92 Å². The predicted molar refractivity (Wildman–Crippen MR) is 83.4 cm³/mol. The monoisotopic (exact) mass is 295 g/mol. The number of oxime groups is 1. The molecule has 0 aromatic carbocycles. The summed E-state index contributed by atoms with van der Waals surface area (Å²) >= 11 is 0. The lowest BCUT2D eigenvalue weighted by atomic mass is 9.84. The third-order valence-electron chi connectivity index (χ3n) is 4.82. The van der Waals surface area contributed by atoms with Crippen molar-refractivity contribution < 1.29 is 9.57 Å². The first kappa shape index (κ1) is 15.1. The number of ether oxygens (including phenoxy) is 1. The summed E-state index contributed by atoms with van der Waals surface area (Å²) in [6, 6.07) is 0. The first-order chi connectivity index (χ1) is 10.1. The van der Waals surface area contributed by atoms with Crippen molar-refractivity contribution in [3.63, 3.8) is 0 Å². The number of hydrogen-bond acceptors (Lipinski definition) is 5. The first-order valence-electron chi connectivity index (χ1n) is 8.46. The zero-order valence-electron chi connectivity index (χ0n) is 13.4. The maximum Gasteiger partial charge on any atom is 0.229 e. The van der Waals surface area contributed by atoms with Crippen LogP contribution in [0.4, 0.5) is 0 Å². The molecular formula is C16H29N3O2. The SMILES string of the molecule is CC1(C)CC(C2=NOCC(CN3CCCCC3)O2)CCN1. The van der Waals surface area contributed by atoms with Crippen LogP contribution >= 0.6 is 0 Å². The van der Waals surface area contributed by atoms with E-state index in [4.69, 9.17) is 9.57 Å². The minimum Gasteiger partial charge on any atom is -0.470 e. The topological polar surface area (TPSA) is 46.1 Å². The molecule has 2 fully saturated rings. The molecule has 0 amide bonds. The Hall–Kier alpha value is -0.810. The van der Waals surface area contributed by atoms with Crippen molar-refractivity contribution in [2.75, 3.05) is 32.8 Å². The fourth-order valence-electron chi connectivity index (χ4n) is 3.69. The molecule has 3 aliphatic heterocycles. The minimum atomic E-state index is 0.147. The standard InChI is InChI=1S/C16H29N3O2/c1-16(2)10-13(6-7-17-16)15-18-20-12-14(21-15)11-19-8-4-3-5-9-19/h13-14,17H,3-12H2,1-2H3. The highest BCUT2D eigenvalue weighted by atomic mass is 16.7. The van der Waals surface area contributed by atoms with Gasteiger partial charge in [-0.1, -0.05) is 11.6 Å². The van der Waals surface area contributed by atoms with Crippen LogP contribution in [-0.2, 0) is 9.57 Å². The second-order valence-corrected chi connectivity index (χ2v) is 7.33. The average Bonchev–Trinajstić information content (AvgIpc) is 2.47. The van der Waals surface area contributed by atoms with Gasteiger partial charge in [-0.2, -0.15) is 0 Å². The number of hydrogen-bond donors (Lipinski definition) is 1. The van der Waals surface area contributed by atoms with Gasteiger partial charge in [-0.15, -0.1) is 0 Å². The normalized spacial score (nSPS) is 33.7. The fourth-order valence-corrected chi connectivity index (χ4v) is 3.69. The Morgan fingerprint density at radius 3 is 2.86 bits per heavy atom. The summed E-state index contributed by atoms with van der Waals surface area (Å²) in [5.41, 5.74) is 0.161. The number of rotatable bonds is 3. The van der Waals surface area contributed by atoms with Crippen LogP contribution < -0.4 is 5.32 Å². The van der Waals surface area contributed by atoms with E-state index in [1.165, 1.54) is 32.4 Å². The average molecular weight is 295 g/mol. The lowest BCUT2D eigenvalue weighted by molar-refractivity contribution is -0.0176. The third kappa shape index (κ3) is 4.10. The molecule has 0 aliphatic carbocycles. The molecule has 3 rings (SSSR count). The van der Waals surface area contributed by atoms with Crippen molar-refractivity contribution in [3.8, 4) is 0 Å². The molecule has 21 heavy (non-hydrogen) atoms. The van der Waals surface area contributed by atoms with Crippen molar-refractivity contribution in [2.45, 2.75) is 57.6 Å². The van der Waals surface area contributed by atoms with Crippen molar-refractivity contribution in [1.82, 2.24) is 10.2 Å². The van der Waals surface area contributed by atoms with Gasteiger partial charge in [0.1, 0.15) is 6.10 Å². The van der Waals surface area contributed by atoms with Crippen molar-refractivity contribution in [3.05, 3.63) is 0 Å². The third-order valence-corrected chi connectivity index (χ3v) is 4.82. The number of nitrogens with one attached hydrogen (secondary N) is 1. The van der Waals surface area contributed by atoms with Crippen molar-refractivity contribution in [2.24, 2.45) is 11.1 Å². The molecule has 0 saturated carbocycles. The summed E-state index contributed by atoms with van der Waals surface area (Å²) in [4.78, 5) is 7.98. The van der Waals surface area contributed by atoms with Gasteiger partial charge in [0, 0.05) is 18.0 Å². The zero-order chi connectivity index (χ0) is 14.7. The van der Waals surface area contributed by atoms with Crippen LogP contribution in [0.5, 0.6) is 0 Å². The molecule has 2 atom stereocenters. The number of likely N-dealkylation sites (tertiary alicyclic amines) is 1. The molecule has 2 unspecified atom stereocenters. The Morgan fingerprint density at radius 2 is 2.10 bits per heavy atom. The Bertz CT molecular complexity index is 378. The van der Waals surface area contributed by atoms with E-state index in [0.717, 1.165) is 31.8 Å². The number of piperidine rings is 2. The summed E-state index contributed by atoms with van der Waals surface area (Å²) in [7, 11) is 0. The Labute approximate surface area is 128 Å². The van der Waals surface area contributed by atoms with Crippen molar-refractivity contribution >= 4 is 5.90 Å². The van der Waals surface area contributed by atoms with E-state index in [0.29, 0.717) is 12.5 Å². The van der Waals surface area contributed by atoms with Gasteiger partial charge >= 0.3 is 0 Å². The maximum atomic E-state index is 6.18. The Balaban J connectivity index is 1.53. The molecule has 2 saturated heterocycles. The van der Waals surface area contributed by atoms with Gasteiger partial charge in [0.15, 0.2) is 6.61 Å². The number of nitrogens with zero attached hydrogens (tertiary/aromatic N) is 2.